The molecule has 2 aliphatic rings. The summed E-state index contributed by atoms with van der Waals surface area (Å²) in [6.45, 7) is 0.0605. The molecule has 0 fully saturated rings. The number of furan rings is 1. The van der Waals surface area contributed by atoms with Crippen molar-refractivity contribution in [3.05, 3.63) is 89.4 Å². The van der Waals surface area contributed by atoms with Crippen LogP contribution in [-0.4, -0.2) is 29.2 Å². The quantitative estimate of drug-likeness (QED) is 0.746. The molecule has 2 aromatic carbocycles. The number of benzene rings is 2. The molecule has 3 amide bonds. The second-order valence-electron chi connectivity index (χ2n) is 6.94. The summed E-state index contributed by atoms with van der Waals surface area (Å²) in [4.78, 5) is 42.0. The summed E-state index contributed by atoms with van der Waals surface area (Å²) in [5.74, 6) is -0.159. The van der Waals surface area contributed by atoms with Crippen molar-refractivity contribution in [2.75, 3.05) is 11.4 Å². The molecule has 3 heterocycles. The van der Waals surface area contributed by atoms with Gasteiger partial charge in [0, 0.05) is 11.1 Å². The van der Waals surface area contributed by atoms with Crippen LogP contribution in [0.1, 0.15) is 38.2 Å². The lowest BCUT2D eigenvalue weighted by atomic mass is 10.0. The van der Waals surface area contributed by atoms with Gasteiger partial charge in [0.25, 0.3) is 11.8 Å². The predicted octanol–water partition coefficient (Wildman–Crippen LogP) is 2.71. The maximum absolute atomic E-state index is 13.2. The van der Waals surface area contributed by atoms with E-state index in [-0.39, 0.29) is 30.8 Å². The lowest BCUT2D eigenvalue weighted by molar-refractivity contribution is -0.122. The van der Waals surface area contributed by atoms with Gasteiger partial charge in [-0.05, 0) is 30.3 Å². The molecule has 7 heteroatoms. The Labute approximate surface area is 166 Å². The monoisotopic (exact) mass is 387 g/mol. The smallest absolute Gasteiger partial charge is 0.260 e. The van der Waals surface area contributed by atoms with Crippen molar-refractivity contribution in [1.82, 2.24) is 10.2 Å². The van der Waals surface area contributed by atoms with Crippen LogP contribution < -0.4 is 10.2 Å². The number of para-hydroxylation sites is 1. The highest BCUT2D eigenvalue weighted by Gasteiger charge is 2.47. The number of hydrogen-bond acceptors (Lipinski definition) is 4. The Morgan fingerprint density at radius 2 is 1.69 bits per heavy atom. The normalized spacial score (nSPS) is 17.0. The molecule has 0 bridgehead atoms. The molecule has 3 aromatic rings. The van der Waals surface area contributed by atoms with Crippen LogP contribution in [0.15, 0.2) is 71.3 Å². The van der Waals surface area contributed by atoms with Crippen LogP contribution in [0.25, 0.3) is 0 Å². The van der Waals surface area contributed by atoms with Crippen LogP contribution >= 0.6 is 0 Å². The van der Waals surface area contributed by atoms with Crippen molar-refractivity contribution in [1.29, 1.82) is 0 Å². The summed E-state index contributed by atoms with van der Waals surface area (Å²) in [6, 6.07) is 17.7. The lowest BCUT2D eigenvalue weighted by Gasteiger charge is -2.40. The summed E-state index contributed by atoms with van der Waals surface area (Å²) in [7, 11) is 0. The second kappa shape index (κ2) is 6.63. The Balaban J connectivity index is 1.50. The average Bonchev–Trinajstić information content (AvgIpc) is 3.37. The van der Waals surface area contributed by atoms with Crippen molar-refractivity contribution in [2.45, 2.75) is 12.7 Å². The summed E-state index contributed by atoms with van der Waals surface area (Å²) >= 11 is 0. The van der Waals surface area contributed by atoms with E-state index in [1.807, 2.05) is 12.1 Å². The van der Waals surface area contributed by atoms with E-state index in [0.717, 1.165) is 5.56 Å². The van der Waals surface area contributed by atoms with Crippen molar-refractivity contribution >= 4 is 23.4 Å². The fraction of sp³-hybridized carbons (Fsp3) is 0.136. The van der Waals surface area contributed by atoms with Crippen molar-refractivity contribution in [3.8, 4) is 0 Å². The van der Waals surface area contributed by atoms with Crippen molar-refractivity contribution < 1.29 is 18.8 Å². The van der Waals surface area contributed by atoms with E-state index in [9.17, 15) is 14.4 Å². The van der Waals surface area contributed by atoms with E-state index in [0.29, 0.717) is 22.6 Å². The highest BCUT2D eigenvalue weighted by atomic mass is 16.3. The third kappa shape index (κ3) is 2.70. The molecule has 0 aliphatic carbocycles. The van der Waals surface area contributed by atoms with E-state index in [1.165, 1.54) is 11.2 Å². The van der Waals surface area contributed by atoms with Crippen LogP contribution in [-0.2, 0) is 11.3 Å². The minimum Gasteiger partial charge on any atom is -0.467 e. The van der Waals surface area contributed by atoms with Crippen LogP contribution in [0.5, 0.6) is 0 Å². The number of nitrogens with zero attached hydrogens (tertiary/aromatic N) is 2. The third-order valence-electron chi connectivity index (χ3n) is 5.24. The van der Waals surface area contributed by atoms with Crippen molar-refractivity contribution in [3.63, 3.8) is 0 Å². The fourth-order valence-corrected chi connectivity index (χ4v) is 3.94. The minimum atomic E-state index is -0.643. The number of amides is 3. The zero-order valence-electron chi connectivity index (χ0n) is 15.4. The molecule has 5 rings (SSSR count). The first-order valence-electron chi connectivity index (χ1n) is 9.27. The van der Waals surface area contributed by atoms with Gasteiger partial charge in [-0.15, -0.1) is 0 Å². The molecule has 29 heavy (non-hydrogen) atoms. The molecule has 2 aliphatic heterocycles. The molecule has 0 spiro atoms. The lowest BCUT2D eigenvalue weighted by Crippen LogP contribution is -2.51. The van der Waals surface area contributed by atoms with Gasteiger partial charge in [-0.2, -0.15) is 0 Å². The Morgan fingerprint density at radius 3 is 2.48 bits per heavy atom. The zero-order valence-corrected chi connectivity index (χ0v) is 15.4. The van der Waals surface area contributed by atoms with E-state index < -0.39 is 6.17 Å². The number of nitrogens with one attached hydrogen (secondary N) is 1. The van der Waals surface area contributed by atoms with Crippen LogP contribution in [0, 0.1) is 0 Å². The van der Waals surface area contributed by atoms with E-state index in [1.54, 1.807) is 53.4 Å². The van der Waals surface area contributed by atoms with Gasteiger partial charge < -0.3 is 14.6 Å². The number of hydrogen-bond donors (Lipinski definition) is 1. The summed E-state index contributed by atoms with van der Waals surface area (Å²) in [5.41, 5.74) is 2.24. The Hall–Kier alpha value is -3.87. The van der Waals surface area contributed by atoms with E-state index >= 15 is 0 Å². The van der Waals surface area contributed by atoms with Crippen molar-refractivity contribution in [2.24, 2.45) is 0 Å². The molecule has 0 unspecified atom stereocenters. The summed E-state index contributed by atoms with van der Waals surface area (Å²) in [6.07, 6.45) is 0.890. The molecule has 144 valence electrons. The van der Waals surface area contributed by atoms with Gasteiger partial charge >= 0.3 is 0 Å². The van der Waals surface area contributed by atoms with Crippen LogP contribution in [0.2, 0.25) is 0 Å². The van der Waals surface area contributed by atoms with Crippen LogP contribution in [0.4, 0.5) is 5.69 Å². The zero-order chi connectivity index (χ0) is 20.0. The molecule has 1 N–H and O–H groups in total. The second-order valence-corrected chi connectivity index (χ2v) is 6.94. The van der Waals surface area contributed by atoms with Gasteiger partial charge in [0.2, 0.25) is 5.91 Å². The highest BCUT2D eigenvalue weighted by Crippen LogP contribution is 2.44. The SMILES string of the molecule is O=C(CN1C(=O)c2ccccc2N2C(=O)c3ccccc3[C@@H]12)NCc1ccco1. The molecular formula is C22H17N3O4. The number of carbonyl (C=O) groups is 3. The molecular weight excluding hydrogens is 370 g/mol. The molecule has 1 atom stereocenters. The summed E-state index contributed by atoms with van der Waals surface area (Å²) in [5, 5.41) is 2.76. The van der Waals surface area contributed by atoms with E-state index in [4.69, 9.17) is 4.42 Å². The third-order valence-corrected chi connectivity index (χ3v) is 5.24. The molecule has 1 aromatic heterocycles. The molecule has 0 saturated carbocycles. The highest BCUT2D eigenvalue weighted by molar-refractivity contribution is 6.17. The number of fused-ring (bicyclic) bond motifs is 5. The fourth-order valence-electron chi connectivity index (χ4n) is 3.94. The molecule has 7 nitrogen and oxygen atoms in total. The standard InChI is InChI=1S/C22H17N3O4/c26-19(23-12-14-6-5-11-29-14)13-24-20-15-7-1-2-8-16(15)22(28)25(20)18-10-4-3-9-17(18)21(24)27/h1-11,20H,12-13H2,(H,23,26)/t20-/m0/s1. The van der Waals surface area contributed by atoms with E-state index in [2.05, 4.69) is 5.32 Å². The van der Waals surface area contributed by atoms with Gasteiger partial charge in [0.15, 0.2) is 0 Å². The molecule has 0 radical (unpaired) electrons. The maximum Gasteiger partial charge on any atom is 0.260 e. The Morgan fingerprint density at radius 1 is 0.931 bits per heavy atom. The van der Waals surface area contributed by atoms with Gasteiger partial charge in [0.1, 0.15) is 18.5 Å². The van der Waals surface area contributed by atoms with Crippen LogP contribution in [0.3, 0.4) is 0 Å². The topological polar surface area (TPSA) is 82.9 Å². The first-order valence-corrected chi connectivity index (χ1v) is 9.27. The maximum atomic E-state index is 13.2. The average molecular weight is 387 g/mol. The predicted molar refractivity (Wildman–Crippen MR) is 104 cm³/mol. The van der Waals surface area contributed by atoms with Gasteiger partial charge in [-0.1, -0.05) is 30.3 Å². The number of anilines is 1. The Bertz CT molecular complexity index is 1120. The van der Waals surface area contributed by atoms with Gasteiger partial charge in [-0.3, -0.25) is 19.3 Å². The summed E-state index contributed by atoms with van der Waals surface area (Å²) < 4.78 is 5.22. The molecule has 0 saturated heterocycles. The number of carbonyl (C=O) groups excluding carboxylic acids is 3. The van der Waals surface area contributed by atoms with Gasteiger partial charge in [0.05, 0.1) is 24.1 Å². The minimum absolute atomic E-state index is 0.170. The number of rotatable bonds is 4. The first kappa shape index (κ1) is 17.2. The van der Waals surface area contributed by atoms with Gasteiger partial charge in [-0.25, -0.2) is 0 Å². The Kier molecular flexibility index (Phi) is 3.94. The largest absolute Gasteiger partial charge is 0.467 e. The first-order chi connectivity index (χ1) is 14.1.